The molecule has 1 aliphatic rings. The Bertz CT molecular complexity index is 920. The fourth-order valence-corrected chi connectivity index (χ4v) is 3.37. The summed E-state index contributed by atoms with van der Waals surface area (Å²) in [4.78, 5) is 17.4. The first-order valence-corrected chi connectivity index (χ1v) is 9.62. The minimum Gasteiger partial charge on any atom is -0.332 e. The van der Waals surface area contributed by atoms with Crippen LogP contribution in [-0.4, -0.2) is 16.5 Å². The highest BCUT2D eigenvalue weighted by Gasteiger charge is 2.22. The summed E-state index contributed by atoms with van der Waals surface area (Å²) in [6.45, 7) is 11.1. The topological polar surface area (TPSA) is 46.4 Å². The van der Waals surface area contributed by atoms with Crippen LogP contribution in [0, 0.1) is 12.8 Å². The summed E-state index contributed by atoms with van der Waals surface area (Å²) in [6.07, 6.45) is 3.93. The normalized spacial score (nSPS) is 16.4. The van der Waals surface area contributed by atoms with Crippen molar-refractivity contribution in [2.45, 2.75) is 60.0 Å². The Kier molecular flexibility index (Phi) is 5.30. The van der Waals surface area contributed by atoms with Crippen molar-refractivity contribution in [3.63, 3.8) is 0 Å². The van der Waals surface area contributed by atoms with Crippen molar-refractivity contribution in [1.29, 1.82) is 0 Å². The quantitative estimate of drug-likeness (QED) is 0.884. The Morgan fingerprint density at radius 3 is 2.54 bits per heavy atom. The van der Waals surface area contributed by atoms with Gasteiger partial charge in [-0.25, -0.2) is 0 Å². The predicted molar refractivity (Wildman–Crippen MR) is 106 cm³/mol. The molecule has 4 heteroatoms. The number of hydrogen-bond donors (Lipinski definition) is 1. The molecule has 0 saturated heterocycles. The van der Waals surface area contributed by atoms with Crippen molar-refractivity contribution in [2.24, 2.45) is 10.9 Å². The Balaban J connectivity index is 2.27. The van der Waals surface area contributed by atoms with Crippen molar-refractivity contribution in [3.05, 3.63) is 46.7 Å². The minimum atomic E-state index is -0.0408. The molecule has 0 spiro atoms. The van der Waals surface area contributed by atoms with Gasteiger partial charge in [-0.1, -0.05) is 50.6 Å². The van der Waals surface area contributed by atoms with Gasteiger partial charge in [-0.15, -0.1) is 0 Å². The average molecular weight is 351 g/mol. The third-order valence-corrected chi connectivity index (χ3v) is 5.07. The Morgan fingerprint density at radius 1 is 1.27 bits per heavy atom. The van der Waals surface area contributed by atoms with Gasteiger partial charge in [0.1, 0.15) is 5.49 Å². The predicted octanol–water partition coefficient (Wildman–Crippen LogP) is 3.17. The highest BCUT2D eigenvalue weighted by molar-refractivity contribution is 5.85. The van der Waals surface area contributed by atoms with Crippen LogP contribution < -0.4 is 16.0 Å². The number of hydrogen-bond acceptors (Lipinski definition) is 2. The summed E-state index contributed by atoms with van der Waals surface area (Å²) in [5.41, 5.74) is 5.58. The number of amides is 1. The lowest BCUT2D eigenvalue weighted by molar-refractivity contribution is -0.122. The SMILES string of the molecule is CCC1CC(NC(=O)C(C)C)=c2c(-c3ccc(C)cc3)cn(CC)c2=N1. The average Bonchev–Trinajstić information content (AvgIpc) is 3.01. The molecule has 138 valence electrons. The van der Waals surface area contributed by atoms with E-state index in [2.05, 4.69) is 61.1 Å². The van der Waals surface area contributed by atoms with Gasteiger partial charge < -0.3 is 9.88 Å². The molecule has 2 aromatic rings. The van der Waals surface area contributed by atoms with Crippen molar-refractivity contribution in [2.75, 3.05) is 0 Å². The van der Waals surface area contributed by atoms with E-state index in [1.165, 1.54) is 11.1 Å². The second-order valence-corrected chi connectivity index (χ2v) is 7.41. The van der Waals surface area contributed by atoms with E-state index in [1.807, 2.05) is 13.8 Å². The number of aryl methyl sites for hydroxylation is 2. The van der Waals surface area contributed by atoms with Gasteiger partial charge in [-0.3, -0.25) is 9.79 Å². The van der Waals surface area contributed by atoms with E-state index in [9.17, 15) is 4.79 Å². The van der Waals surface area contributed by atoms with Crippen LogP contribution >= 0.6 is 0 Å². The van der Waals surface area contributed by atoms with Gasteiger partial charge in [0, 0.05) is 41.6 Å². The Hall–Kier alpha value is -2.36. The van der Waals surface area contributed by atoms with E-state index in [0.717, 1.165) is 41.4 Å². The maximum atomic E-state index is 12.4. The highest BCUT2D eigenvalue weighted by atomic mass is 16.1. The summed E-state index contributed by atoms with van der Waals surface area (Å²) >= 11 is 0. The molecule has 1 atom stereocenters. The fraction of sp³-hybridized carbons (Fsp3) is 0.455. The molecule has 3 rings (SSSR count). The fourth-order valence-electron chi connectivity index (χ4n) is 3.37. The molecular formula is C22H29N3O. The Labute approximate surface area is 155 Å². The summed E-state index contributed by atoms with van der Waals surface area (Å²) in [6, 6.07) is 8.78. The van der Waals surface area contributed by atoms with Crippen LogP contribution in [0.3, 0.4) is 0 Å². The Morgan fingerprint density at radius 2 is 1.96 bits per heavy atom. The van der Waals surface area contributed by atoms with Crippen LogP contribution in [0.25, 0.3) is 16.8 Å². The monoisotopic (exact) mass is 351 g/mol. The van der Waals surface area contributed by atoms with Crippen molar-refractivity contribution in [3.8, 4) is 11.1 Å². The van der Waals surface area contributed by atoms with Crippen molar-refractivity contribution < 1.29 is 4.79 Å². The van der Waals surface area contributed by atoms with Crippen LogP contribution in [0.15, 0.2) is 35.5 Å². The molecule has 0 fully saturated rings. The highest BCUT2D eigenvalue weighted by Crippen LogP contribution is 2.20. The molecule has 0 saturated carbocycles. The summed E-state index contributed by atoms with van der Waals surface area (Å²) in [5, 5.41) is 4.29. The van der Waals surface area contributed by atoms with Gasteiger partial charge in [0.05, 0.1) is 6.04 Å². The molecule has 2 heterocycles. The molecule has 4 nitrogen and oxygen atoms in total. The number of benzene rings is 1. The van der Waals surface area contributed by atoms with Gasteiger partial charge in [0.2, 0.25) is 5.91 Å². The van der Waals surface area contributed by atoms with Crippen molar-refractivity contribution in [1.82, 2.24) is 9.88 Å². The minimum absolute atomic E-state index is 0.0408. The number of carbonyl (C=O) groups excluding carboxylic acids is 1. The molecule has 0 bridgehead atoms. The summed E-state index contributed by atoms with van der Waals surface area (Å²) in [5.74, 6) is 0.0304. The molecule has 26 heavy (non-hydrogen) atoms. The molecule has 1 aromatic carbocycles. The second-order valence-electron chi connectivity index (χ2n) is 7.41. The summed E-state index contributed by atoms with van der Waals surface area (Å²) < 4.78 is 2.20. The molecule has 1 N–H and O–H groups in total. The standard InChI is InChI=1S/C22H29N3O/c1-6-17-12-19(24-22(26)14(3)4)20-18(13-25(7-2)21(20)23-17)16-10-8-15(5)9-11-16/h8-11,13-14,17H,6-7,12H2,1-5H3,(H,24,26). The van der Waals surface area contributed by atoms with E-state index in [-0.39, 0.29) is 17.9 Å². The maximum Gasteiger partial charge on any atom is 0.226 e. The third kappa shape index (κ3) is 3.46. The number of carbonyl (C=O) groups is 1. The largest absolute Gasteiger partial charge is 0.332 e. The molecule has 0 radical (unpaired) electrons. The lowest BCUT2D eigenvalue weighted by atomic mass is 10.00. The lowest BCUT2D eigenvalue weighted by Gasteiger charge is -2.19. The number of rotatable bonds is 5. The smallest absolute Gasteiger partial charge is 0.226 e. The van der Waals surface area contributed by atoms with E-state index >= 15 is 0 Å². The van der Waals surface area contributed by atoms with Gasteiger partial charge in [-0.05, 0) is 25.8 Å². The summed E-state index contributed by atoms with van der Waals surface area (Å²) in [7, 11) is 0. The number of nitrogens with zero attached hydrogens (tertiary/aromatic N) is 2. The number of nitrogens with one attached hydrogen (secondary N) is 1. The van der Waals surface area contributed by atoms with E-state index in [0.29, 0.717) is 0 Å². The zero-order valence-electron chi connectivity index (χ0n) is 16.5. The first-order chi connectivity index (χ1) is 12.4. The zero-order valence-corrected chi connectivity index (χ0v) is 16.5. The van der Waals surface area contributed by atoms with Crippen LogP contribution in [0.4, 0.5) is 0 Å². The van der Waals surface area contributed by atoms with Gasteiger partial charge in [-0.2, -0.15) is 0 Å². The van der Waals surface area contributed by atoms with E-state index in [1.54, 1.807) is 0 Å². The number of aromatic nitrogens is 1. The van der Waals surface area contributed by atoms with Crippen molar-refractivity contribution >= 4 is 11.6 Å². The zero-order chi connectivity index (χ0) is 18.8. The molecule has 1 unspecified atom stereocenters. The van der Waals surface area contributed by atoms with E-state index in [4.69, 9.17) is 4.99 Å². The van der Waals surface area contributed by atoms with Gasteiger partial charge in [0.15, 0.2) is 0 Å². The molecular weight excluding hydrogens is 322 g/mol. The first-order valence-electron chi connectivity index (χ1n) is 9.62. The van der Waals surface area contributed by atoms with Crippen LogP contribution in [0.5, 0.6) is 0 Å². The maximum absolute atomic E-state index is 12.4. The lowest BCUT2D eigenvalue weighted by Crippen LogP contribution is -2.43. The third-order valence-electron chi connectivity index (χ3n) is 5.07. The van der Waals surface area contributed by atoms with Crippen LogP contribution in [0.2, 0.25) is 0 Å². The van der Waals surface area contributed by atoms with E-state index < -0.39 is 0 Å². The molecule has 1 amide bonds. The van der Waals surface area contributed by atoms with Crippen LogP contribution in [0.1, 0.15) is 46.1 Å². The molecule has 0 aliphatic carbocycles. The second kappa shape index (κ2) is 7.48. The van der Waals surface area contributed by atoms with Gasteiger partial charge in [0.25, 0.3) is 0 Å². The molecule has 1 aliphatic heterocycles. The number of fused-ring (bicyclic) bond motifs is 1. The molecule has 1 aromatic heterocycles. The van der Waals surface area contributed by atoms with Crippen LogP contribution in [-0.2, 0) is 11.3 Å². The van der Waals surface area contributed by atoms with Gasteiger partial charge >= 0.3 is 0 Å². The first kappa shape index (κ1) is 18.4.